The monoisotopic (exact) mass is 439 g/mol. The van der Waals surface area contributed by atoms with E-state index in [9.17, 15) is 13.6 Å². The van der Waals surface area contributed by atoms with Crippen molar-refractivity contribution in [2.75, 3.05) is 13.2 Å². The third-order valence-electron chi connectivity index (χ3n) is 4.49. The molecule has 4 aromatic rings. The Bertz CT molecular complexity index is 1230. The fourth-order valence-electron chi connectivity index (χ4n) is 2.90. The van der Waals surface area contributed by atoms with Crippen molar-refractivity contribution in [3.8, 4) is 23.0 Å². The summed E-state index contributed by atoms with van der Waals surface area (Å²) < 4.78 is 39.1. The number of aromatic nitrogens is 4. The summed E-state index contributed by atoms with van der Waals surface area (Å²) in [5.74, 6) is -1.35. The van der Waals surface area contributed by atoms with Gasteiger partial charge in [0.1, 0.15) is 12.4 Å². The van der Waals surface area contributed by atoms with E-state index < -0.39 is 23.6 Å². The lowest BCUT2D eigenvalue weighted by atomic mass is 10.2. The first-order valence-corrected chi connectivity index (χ1v) is 9.81. The third-order valence-corrected chi connectivity index (χ3v) is 4.49. The van der Waals surface area contributed by atoms with E-state index >= 15 is 0 Å². The number of ether oxygens (including phenoxy) is 2. The second-order valence-electron chi connectivity index (χ2n) is 6.81. The van der Waals surface area contributed by atoms with Crippen LogP contribution >= 0.6 is 0 Å². The summed E-state index contributed by atoms with van der Waals surface area (Å²) in [5.41, 5.74) is 1.44. The average Bonchev–Trinajstić information content (AvgIpc) is 3.22. The number of rotatable bonds is 8. The van der Waals surface area contributed by atoms with E-state index in [1.54, 1.807) is 16.6 Å². The van der Waals surface area contributed by atoms with E-state index in [0.29, 0.717) is 23.4 Å². The Labute approximate surface area is 181 Å². The number of benzene rings is 2. The number of carbonyl (C=O) groups is 1. The molecule has 164 valence electrons. The van der Waals surface area contributed by atoms with Crippen LogP contribution in [-0.2, 0) is 4.79 Å². The molecule has 1 atom stereocenters. The number of nitrogens with zero attached hydrogens (tertiary/aromatic N) is 4. The van der Waals surface area contributed by atoms with Gasteiger partial charge in [-0.2, -0.15) is 4.52 Å². The first kappa shape index (κ1) is 21.2. The minimum absolute atomic E-state index is 0.144. The Hall–Kier alpha value is -4.08. The molecule has 10 heteroatoms. The highest BCUT2D eigenvalue weighted by atomic mass is 19.1. The molecule has 0 radical (unpaired) electrons. The van der Waals surface area contributed by atoms with Gasteiger partial charge in [-0.1, -0.05) is 30.3 Å². The molecule has 4 rings (SSSR count). The van der Waals surface area contributed by atoms with E-state index in [4.69, 9.17) is 9.47 Å². The number of nitrogens with one attached hydrogen (secondary N) is 1. The zero-order valence-electron chi connectivity index (χ0n) is 17.0. The van der Waals surface area contributed by atoms with E-state index in [1.165, 1.54) is 6.92 Å². The maximum absolute atomic E-state index is 13.7. The highest BCUT2D eigenvalue weighted by Crippen LogP contribution is 2.20. The van der Waals surface area contributed by atoms with Crippen LogP contribution in [0.15, 0.2) is 60.7 Å². The molecule has 0 spiro atoms. The Morgan fingerprint density at radius 1 is 1.09 bits per heavy atom. The summed E-state index contributed by atoms with van der Waals surface area (Å²) in [6, 6.07) is 15.8. The van der Waals surface area contributed by atoms with Crippen LogP contribution in [0, 0.1) is 11.6 Å². The quantitative estimate of drug-likeness (QED) is 0.425. The topological polar surface area (TPSA) is 90.6 Å². The van der Waals surface area contributed by atoms with Gasteiger partial charge in [0, 0.05) is 17.7 Å². The first-order valence-electron chi connectivity index (χ1n) is 9.81. The molecule has 0 bridgehead atoms. The second-order valence-corrected chi connectivity index (χ2v) is 6.81. The highest BCUT2D eigenvalue weighted by Gasteiger charge is 2.17. The molecule has 1 N–H and O–H groups in total. The van der Waals surface area contributed by atoms with Crippen LogP contribution in [-0.4, -0.2) is 45.0 Å². The van der Waals surface area contributed by atoms with E-state index in [1.807, 2.05) is 30.3 Å². The second kappa shape index (κ2) is 9.38. The summed E-state index contributed by atoms with van der Waals surface area (Å²) in [5, 5.41) is 15.3. The predicted octanol–water partition coefficient (Wildman–Crippen LogP) is 3.03. The van der Waals surface area contributed by atoms with Crippen LogP contribution in [0.5, 0.6) is 11.6 Å². The van der Waals surface area contributed by atoms with Gasteiger partial charge in [-0.25, -0.2) is 8.78 Å². The van der Waals surface area contributed by atoms with E-state index in [-0.39, 0.29) is 18.9 Å². The van der Waals surface area contributed by atoms with Gasteiger partial charge >= 0.3 is 0 Å². The summed E-state index contributed by atoms with van der Waals surface area (Å²) in [7, 11) is 0. The molecule has 0 saturated heterocycles. The van der Waals surface area contributed by atoms with Crippen LogP contribution in [0.2, 0.25) is 0 Å². The molecule has 2 heterocycles. The molecule has 1 amide bonds. The highest BCUT2D eigenvalue weighted by molar-refractivity contribution is 5.80. The number of amides is 1. The summed E-state index contributed by atoms with van der Waals surface area (Å²) in [4.78, 5) is 12.2. The molecule has 0 aliphatic heterocycles. The van der Waals surface area contributed by atoms with Crippen molar-refractivity contribution in [2.45, 2.75) is 13.0 Å². The lowest BCUT2D eigenvalue weighted by Gasteiger charge is -2.15. The summed E-state index contributed by atoms with van der Waals surface area (Å²) in [6.07, 6.45) is -0.977. The van der Waals surface area contributed by atoms with Crippen molar-refractivity contribution < 1.29 is 23.0 Å². The normalized spacial score (nSPS) is 11.8. The number of halogens is 2. The average molecular weight is 439 g/mol. The van der Waals surface area contributed by atoms with Crippen molar-refractivity contribution >= 4 is 11.6 Å². The zero-order chi connectivity index (χ0) is 22.5. The van der Waals surface area contributed by atoms with Gasteiger partial charge in [0.15, 0.2) is 29.1 Å². The predicted molar refractivity (Wildman–Crippen MR) is 111 cm³/mol. The number of hydrogen-bond donors (Lipinski definition) is 1. The van der Waals surface area contributed by atoms with Crippen LogP contribution in [0.3, 0.4) is 0 Å². The first-order chi connectivity index (χ1) is 15.5. The van der Waals surface area contributed by atoms with Gasteiger partial charge in [0.2, 0.25) is 5.88 Å². The van der Waals surface area contributed by atoms with Gasteiger partial charge in [0.05, 0.1) is 6.54 Å². The smallest absolute Gasteiger partial charge is 0.260 e. The van der Waals surface area contributed by atoms with Crippen LogP contribution < -0.4 is 14.8 Å². The van der Waals surface area contributed by atoms with Gasteiger partial charge in [0.25, 0.3) is 5.91 Å². The van der Waals surface area contributed by atoms with E-state index in [0.717, 1.165) is 17.7 Å². The molecule has 8 nitrogen and oxygen atoms in total. The van der Waals surface area contributed by atoms with Crippen LogP contribution in [0.25, 0.3) is 17.0 Å². The van der Waals surface area contributed by atoms with Gasteiger partial charge in [-0.05, 0) is 25.1 Å². The number of hydrogen-bond acceptors (Lipinski definition) is 6. The van der Waals surface area contributed by atoms with Gasteiger partial charge in [-0.15, -0.1) is 15.3 Å². The zero-order valence-corrected chi connectivity index (χ0v) is 17.0. The molecule has 1 unspecified atom stereocenters. The Balaban J connectivity index is 1.31. The third kappa shape index (κ3) is 4.80. The Morgan fingerprint density at radius 3 is 2.69 bits per heavy atom. The lowest BCUT2D eigenvalue weighted by molar-refractivity contribution is -0.127. The summed E-state index contributed by atoms with van der Waals surface area (Å²) in [6.45, 7) is 1.78. The standard InChI is InChI=1S/C22H19F2N5O3/c1-14(32-18-8-7-16(23)13-17(18)24)22(30)25-11-12-31-20-10-9-19-26-27-21(29(19)28-20)15-5-3-2-4-6-15/h2-10,13-14H,11-12H2,1H3,(H,25,30). The van der Waals surface area contributed by atoms with Gasteiger partial charge < -0.3 is 14.8 Å². The Morgan fingerprint density at radius 2 is 1.91 bits per heavy atom. The lowest BCUT2D eigenvalue weighted by Crippen LogP contribution is -2.38. The van der Waals surface area contributed by atoms with Crippen molar-refractivity contribution in [1.29, 1.82) is 0 Å². The van der Waals surface area contributed by atoms with E-state index in [2.05, 4.69) is 20.6 Å². The molecule has 0 aliphatic rings. The maximum atomic E-state index is 13.7. The molecular weight excluding hydrogens is 420 g/mol. The number of carbonyl (C=O) groups excluding carboxylic acids is 1. The molecule has 2 aromatic heterocycles. The minimum Gasteiger partial charge on any atom is -0.478 e. The molecule has 32 heavy (non-hydrogen) atoms. The fraction of sp³-hybridized carbons (Fsp3) is 0.182. The van der Waals surface area contributed by atoms with Crippen molar-refractivity contribution in [1.82, 2.24) is 25.1 Å². The maximum Gasteiger partial charge on any atom is 0.260 e. The fourth-order valence-corrected chi connectivity index (χ4v) is 2.90. The van der Waals surface area contributed by atoms with Gasteiger partial charge in [-0.3, -0.25) is 4.79 Å². The van der Waals surface area contributed by atoms with Crippen LogP contribution in [0.1, 0.15) is 6.92 Å². The van der Waals surface area contributed by atoms with Crippen molar-refractivity contribution in [3.05, 3.63) is 72.3 Å². The summed E-state index contributed by atoms with van der Waals surface area (Å²) >= 11 is 0. The van der Waals surface area contributed by atoms with Crippen LogP contribution in [0.4, 0.5) is 8.78 Å². The minimum atomic E-state index is -0.977. The SMILES string of the molecule is CC(Oc1ccc(F)cc1F)C(=O)NCCOc1ccc2nnc(-c3ccccc3)n2n1. The largest absolute Gasteiger partial charge is 0.478 e. The molecular formula is C22H19F2N5O3. The Kier molecular flexibility index (Phi) is 6.20. The molecule has 0 fully saturated rings. The molecule has 0 aliphatic carbocycles. The van der Waals surface area contributed by atoms with Crippen molar-refractivity contribution in [3.63, 3.8) is 0 Å². The van der Waals surface area contributed by atoms with Crippen molar-refractivity contribution in [2.24, 2.45) is 0 Å². The molecule has 0 saturated carbocycles. The molecule has 2 aromatic carbocycles. The number of fused-ring (bicyclic) bond motifs is 1.